The summed E-state index contributed by atoms with van der Waals surface area (Å²) in [6, 6.07) is 4.17. The molecule has 0 saturated heterocycles. The smallest absolute Gasteiger partial charge is 0.200 e. The summed E-state index contributed by atoms with van der Waals surface area (Å²) in [7, 11) is 0. The van der Waals surface area contributed by atoms with Crippen molar-refractivity contribution in [3.05, 3.63) is 33.7 Å². The third kappa shape index (κ3) is 3.22. The quantitative estimate of drug-likeness (QED) is 0.756. The summed E-state index contributed by atoms with van der Waals surface area (Å²) >= 11 is 1.72. The summed E-state index contributed by atoms with van der Waals surface area (Å²) in [6.07, 6.45) is 5.16. The van der Waals surface area contributed by atoms with E-state index in [1.165, 1.54) is 4.88 Å². The van der Waals surface area contributed by atoms with Gasteiger partial charge in [-0.05, 0) is 24.3 Å². The summed E-state index contributed by atoms with van der Waals surface area (Å²) in [5.41, 5.74) is 0.916. The molecular weight excluding hydrogens is 284 g/mol. The molecule has 0 radical (unpaired) electrons. The largest absolute Gasteiger partial charge is 0.469 e. The minimum absolute atomic E-state index is 0.160. The molecular formula is C17H22O3S. The average Bonchev–Trinajstić information content (AvgIpc) is 3.01. The van der Waals surface area contributed by atoms with Crippen LogP contribution in [0.1, 0.15) is 56.2 Å². The van der Waals surface area contributed by atoms with Crippen molar-refractivity contribution in [2.45, 2.75) is 57.7 Å². The number of allylic oxidation sites excluding steroid dienone is 2. The molecule has 0 bridgehead atoms. The van der Waals surface area contributed by atoms with Crippen LogP contribution in [0.2, 0.25) is 0 Å². The van der Waals surface area contributed by atoms with E-state index in [9.17, 15) is 4.79 Å². The van der Waals surface area contributed by atoms with Gasteiger partial charge in [-0.2, -0.15) is 0 Å². The molecule has 3 nitrogen and oxygen atoms in total. The van der Waals surface area contributed by atoms with Gasteiger partial charge < -0.3 is 9.47 Å². The summed E-state index contributed by atoms with van der Waals surface area (Å²) in [6.45, 7) is 2.88. The standard InChI is InChI=1S/C17H22O3S/c1-2-3-9-19-16-11-12(15-8-5-10-21-15)17-13(18)6-4-7-14(17)20-16/h5,8,10,12,16H,2-4,6-7,9,11H2,1H3. The van der Waals surface area contributed by atoms with Crippen molar-refractivity contribution in [2.24, 2.45) is 0 Å². The number of rotatable bonds is 5. The lowest BCUT2D eigenvalue weighted by atomic mass is 9.82. The molecule has 1 aromatic rings. The number of carbonyl (C=O) groups is 1. The molecule has 1 aromatic heterocycles. The molecule has 4 heteroatoms. The first-order valence-electron chi connectivity index (χ1n) is 7.87. The van der Waals surface area contributed by atoms with Crippen LogP contribution in [0.5, 0.6) is 0 Å². The van der Waals surface area contributed by atoms with Crippen LogP contribution in [0.3, 0.4) is 0 Å². The molecule has 2 unspecified atom stereocenters. The number of carbonyl (C=O) groups excluding carboxylic acids is 1. The van der Waals surface area contributed by atoms with Crippen molar-refractivity contribution >= 4 is 17.1 Å². The van der Waals surface area contributed by atoms with E-state index in [0.717, 1.165) is 50.0 Å². The molecule has 21 heavy (non-hydrogen) atoms. The Hall–Kier alpha value is -1.13. The summed E-state index contributed by atoms with van der Waals surface area (Å²) in [5.74, 6) is 1.31. The average molecular weight is 306 g/mol. The van der Waals surface area contributed by atoms with Gasteiger partial charge in [0.25, 0.3) is 0 Å². The maximum absolute atomic E-state index is 12.3. The topological polar surface area (TPSA) is 35.5 Å². The second kappa shape index (κ2) is 6.75. The molecule has 0 spiro atoms. The van der Waals surface area contributed by atoms with Crippen molar-refractivity contribution in [1.29, 1.82) is 0 Å². The van der Waals surface area contributed by atoms with Crippen molar-refractivity contribution in [2.75, 3.05) is 6.61 Å². The monoisotopic (exact) mass is 306 g/mol. The van der Waals surface area contributed by atoms with E-state index in [0.29, 0.717) is 6.42 Å². The Kier molecular flexibility index (Phi) is 4.76. The molecule has 2 atom stereocenters. The Morgan fingerprint density at radius 2 is 2.33 bits per heavy atom. The highest BCUT2D eigenvalue weighted by Crippen LogP contribution is 2.43. The lowest BCUT2D eigenvalue weighted by Crippen LogP contribution is -2.31. The fourth-order valence-electron chi connectivity index (χ4n) is 3.07. The van der Waals surface area contributed by atoms with Gasteiger partial charge in [0.15, 0.2) is 12.1 Å². The fourth-order valence-corrected chi connectivity index (χ4v) is 3.92. The van der Waals surface area contributed by atoms with Gasteiger partial charge >= 0.3 is 0 Å². The van der Waals surface area contributed by atoms with Crippen LogP contribution in [-0.4, -0.2) is 18.7 Å². The van der Waals surface area contributed by atoms with Crippen LogP contribution >= 0.6 is 11.3 Å². The molecule has 114 valence electrons. The number of thiophene rings is 1. The Bertz CT molecular complexity index is 518. The van der Waals surface area contributed by atoms with Gasteiger partial charge in [-0.1, -0.05) is 19.4 Å². The normalized spacial score (nSPS) is 25.7. The Balaban J connectivity index is 1.83. The Morgan fingerprint density at radius 3 is 3.10 bits per heavy atom. The van der Waals surface area contributed by atoms with Crippen LogP contribution in [0.15, 0.2) is 28.8 Å². The molecule has 3 rings (SSSR count). The molecule has 2 aliphatic rings. The highest BCUT2D eigenvalue weighted by atomic mass is 32.1. The maximum atomic E-state index is 12.3. The molecule has 0 saturated carbocycles. The second-order valence-electron chi connectivity index (χ2n) is 5.69. The van der Waals surface area contributed by atoms with Gasteiger partial charge in [-0.15, -0.1) is 11.3 Å². The van der Waals surface area contributed by atoms with Crippen molar-refractivity contribution in [3.8, 4) is 0 Å². The number of Topliss-reactive ketones (excluding diaryl/α,β-unsaturated/α-hetero) is 1. The van der Waals surface area contributed by atoms with Crippen LogP contribution in [-0.2, 0) is 14.3 Å². The Morgan fingerprint density at radius 1 is 1.43 bits per heavy atom. The summed E-state index contributed by atoms with van der Waals surface area (Å²) in [4.78, 5) is 13.6. The SMILES string of the molecule is CCCCOC1CC(c2cccs2)C2=C(CCCC2=O)O1. The second-order valence-corrected chi connectivity index (χ2v) is 6.67. The highest BCUT2D eigenvalue weighted by molar-refractivity contribution is 7.10. The summed E-state index contributed by atoms with van der Waals surface area (Å²) in [5, 5.41) is 2.07. The predicted molar refractivity (Wildman–Crippen MR) is 83.3 cm³/mol. The van der Waals surface area contributed by atoms with Gasteiger partial charge in [0.1, 0.15) is 5.76 Å². The summed E-state index contributed by atoms with van der Waals surface area (Å²) < 4.78 is 11.8. The van der Waals surface area contributed by atoms with E-state index in [-0.39, 0.29) is 18.0 Å². The molecule has 1 aliphatic heterocycles. The molecule has 2 heterocycles. The number of ketones is 1. The van der Waals surface area contributed by atoms with E-state index < -0.39 is 0 Å². The van der Waals surface area contributed by atoms with Crippen molar-refractivity contribution in [3.63, 3.8) is 0 Å². The number of unbranched alkanes of at least 4 members (excludes halogenated alkanes) is 1. The van der Waals surface area contributed by atoms with Gasteiger partial charge in [-0.25, -0.2) is 0 Å². The van der Waals surface area contributed by atoms with Crippen LogP contribution in [0, 0.1) is 0 Å². The van der Waals surface area contributed by atoms with E-state index in [1.807, 2.05) is 0 Å². The molecule has 0 fully saturated rings. The molecule has 0 aromatic carbocycles. The lowest BCUT2D eigenvalue weighted by molar-refractivity contribution is -0.139. The van der Waals surface area contributed by atoms with Crippen LogP contribution in [0.4, 0.5) is 0 Å². The lowest BCUT2D eigenvalue weighted by Gasteiger charge is -2.35. The zero-order valence-electron chi connectivity index (χ0n) is 12.5. The third-order valence-corrected chi connectivity index (χ3v) is 5.13. The minimum Gasteiger partial charge on any atom is -0.469 e. The zero-order chi connectivity index (χ0) is 14.7. The number of hydrogen-bond donors (Lipinski definition) is 0. The first-order chi connectivity index (χ1) is 10.3. The molecule has 1 aliphatic carbocycles. The third-order valence-electron chi connectivity index (χ3n) is 4.15. The van der Waals surface area contributed by atoms with Gasteiger partial charge in [0, 0.05) is 35.6 Å². The van der Waals surface area contributed by atoms with Crippen LogP contribution < -0.4 is 0 Å². The van der Waals surface area contributed by atoms with E-state index in [4.69, 9.17) is 9.47 Å². The van der Waals surface area contributed by atoms with Crippen molar-refractivity contribution in [1.82, 2.24) is 0 Å². The van der Waals surface area contributed by atoms with E-state index in [2.05, 4.69) is 24.4 Å². The van der Waals surface area contributed by atoms with E-state index in [1.54, 1.807) is 11.3 Å². The zero-order valence-corrected chi connectivity index (χ0v) is 13.3. The Labute approximate surface area is 130 Å². The molecule has 0 N–H and O–H groups in total. The fraction of sp³-hybridized carbons (Fsp3) is 0.588. The van der Waals surface area contributed by atoms with Gasteiger partial charge in [-0.3, -0.25) is 4.79 Å². The first kappa shape index (κ1) is 14.8. The molecule has 0 amide bonds. The predicted octanol–water partition coefficient (Wildman–Crippen LogP) is 4.40. The number of hydrogen-bond acceptors (Lipinski definition) is 4. The van der Waals surface area contributed by atoms with Gasteiger partial charge in [0.05, 0.1) is 6.61 Å². The van der Waals surface area contributed by atoms with Gasteiger partial charge in [0.2, 0.25) is 0 Å². The maximum Gasteiger partial charge on any atom is 0.200 e. The first-order valence-corrected chi connectivity index (χ1v) is 8.75. The highest BCUT2D eigenvalue weighted by Gasteiger charge is 2.37. The van der Waals surface area contributed by atoms with Crippen LogP contribution in [0.25, 0.3) is 0 Å². The number of ether oxygens (including phenoxy) is 2. The van der Waals surface area contributed by atoms with E-state index >= 15 is 0 Å². The van der Waals surface area contributed by atoms with Crippen molar-refractivity contribution < 1.29 is 14.3 Å². The minimum atomic E-state index is -0.201.